The number of hydrogen-bond acceptors (Lipinski definition) is 7. The van der Waals surface area contributed by atoms with Gasteiger partial charge in [-0.3, -0.25) is 4.79 Å². The summed E-state index contributed by atoms with van der Waals surface area (Å²) in [4.78, 5) is 24.6. The molecule has 3 rings (SSSR count). The number of tetrazole rings is 1. The van der Waals surface area contributed by atoms with Gasteiger partial charge < -0.3 is 10.1 Å². The number of rotatable bonds is 5. The summed E-state index contributed by atoms with van der Waals surface area (Å²) in [5.74, 6) is -1.01. The van der Waals surface area contributed by atoms with Crippen molar-refractivity contribution in [1.82, 2.24) is 20.2 Å². The lowest BCUT2D eigenvalue weighted by Gasteiger charge is -2.19. The number of anilines is 1. The van der Waals surface area contributed by atoms with Crippen LogP contribution in [-0.4, -0.2) is 38.7 Å². The van der Waals surface area contributed by atoms with Crippen molar-refractivity contribution in [3.63, 3.8) is 0 Å². The van der Waals surface area contributed by atoms with Gasteiger partial charge in [-0.25, -0.2) is 4.79 Å². The van der Waals surface area contributed by atoms with Gasteiger partial charge in [-0.2, -0.15) is 4.68 Å². The minimum atomic E-state index is -0.603. The van der Waals surface area contributed by atoms with Crippen LogP contribution in [-0.2, 0) is 14.9 Å². The van der Waals surface area contributed by atoms with Gasteiger partial charge in [-0.1, -0.05) is 32.9 Å². The fraction of sp³-hybridized carbons (Fsp3) is 0.278. The van der Waals surface area contributed by atoms with E-state index in [2.05, 4.69) is 41.6 Å². The molecule has 0 spiro atoms. The second-order valence-electron chi connectivity index (χ2n) is 6.84. The molecule has 1 aromatic carbocycles. The summed E-state index contributed by atoms with van der Waals surface area (Å²) in [6.07, 6.45) is 1.38. The molecule has 0 aliphatic rings. The number of thiophene rings is 1. The third-order valence-corrected chi connectivity index (χ3v) is 4.68. The number of amides is 1. The Labute approximate surface area is 160 Å². The quantitative estimate of drug-likeness (QED) is 0.678. The minimum Gasteiger partial charge on any atom is -0.451 e. The van der Waals surface area contributed by atoms with Crippen molar-refractivity contribution in [2.45, 2.75) is 26.2 Å². The number of carbonyl (C=O) groups excluding carboxylic acids is 2. The molecular weight excluding hydrogens is 366 g/mol. The van der Waals surface area contributed by atoms with Crippen LogP contribution in [0.1, 0.15) is 36.0 Å². The minimum absolute atomic E-state index is 0.0378. The van der Waals surface area contributed by atoms with Crippen molar-refractivity contribution in [2.75, 3.05) is 11.9 Å². The lowest BCUT2D eigenvalue weighted by molar-refractivity contribution is -0.119. The van der Waals surface area contributed by atoms with Gasteiger partial charge in [0, 0.05) is 5.69 Å². The summed E-state index contributed by atoms with van der Waals surface area (Å²) >= 11 is 1.19. The molecule has 8 nitrogen and oxygen atoms in total. The Morgan fingerprint density at radius 1 is 1.19 bits per heavy atom. The molecule has 0 saturated carbocycles. The van der Waals surface area contributed by atoms with Crippen LogP contribution in [0.3, 0.4) is 0 Å². The Morgan fingerprint density at radius 2 is 1.93 bits per heavy atom. The number of nitrogens with one attached hydrogen (secondary N) is 1. The van der Waals surface area contributed by atoms with Crippen LogP contribution >= 0.6 is 11.3 Å². The van der Waals surface area contributed by atoms with Crippen molar-refractivity contribution in [3.05, 3.63) is 52.5 Å². The number of carbonyl (C=O) groups is 2. The molecule has 2 aromatic heterocycles. The largest absolute Gasteiger partial charge is 0.451 e. The molecule has 2 heterocycles. The van der Waals surface area contributed by atoms with Crippen molar-refractivity contribution in [3.8, 4) is 5.69 Å². The van der Waals surface area contributed by atoms with E-state index in [1.807, 2.05) is 24.3 Å². The Bertz CT molecular complexity index is 927. The summed E-state index contributed by atoms with van der Waals surface area (Å²) in [6, 6.07) is 9.29. The van der Waals surface area contributed by atoms with Crippen LogP contribution in [0.4, 0.5) is 5.69 Å². The zero-order valence-corrected chi connectivity index (χ0v) is 16.0. The molecule has 9 heteroatoms. The molecule has 0 atom stereocenters. The predicted molar refractivity (Wildman–Crippen MR) is 101 cm³/mol. The molecule has 0 unspecified atom stereocenters. The topological polar surface area (TPSA) is 99.0 Å². The summed E-state index contributed by atoms with van der Waals surface area (Å²) in [6.45, 7) is 5.98. The maximum atomic E-state index is 12.3. The van der Waals surface area contributed by atoms with E-state index < -0.39 is 11.9 Å². The van der Waals surface area contributed by atoms with Gasteiger partial charge in [0.05, 0.1) is 5.69 Å². The van der Waals surface area contributed by atoms with Crippen molar-refractivity contribution < 1.29 is 14.3 Å². The molecule has 0 fully saturated rings. The average molecular weight is 385 g/mol. The second-order valence-corrected chi connectivity index (χ2v) is 7.76. The van der Waals surface area contributed by atoms with E-state index in [0.717, 1.165) is 0 Å². The standard InChI is InChI=1S/C18H19N5O3S/c1-18(2,3)12-4-6-13(7-5-12)20-15(24)10-26-17(25)16-14(8-9-27-16)23-11-19-21-22-23/h4-9,11H,10H2,1-3H3,(H,20,24). The monoisotopic (exact) mass is 385 g/mol. The third-order valence-electron chi connectivity index (χ3n) is 3.79. The van der Waals surface area contributed by atoms with Crippen LogP contribution in [0.5, 0.6) is 0 Å². The van der Waals surface area contributed by atoms with E-state index in [4.69, 9.17) is 4.74 Å². The van der Waals surface area contributed by atoms with E-state index in [0.29, 0.717) is 16.3 Å². The van der Waals surface area contributed by atoms with E-state index in [9.17, 15) is 9.59 Å². The van der Waals surface area contributed by atoms with Gasteiger partial charge in [-0.05, 0) is 45.0 Å². The highest BCUT2D eigenvalue weighted by Gasteiger charge is 2.18. The zero-order chi connectivity index (χ0) is 19.4. The van der Waals surface area contributed by atoms with Gasteiger partial charge in [-0.15, -0.1) is 16.4 Å². The first kappa shape index (κ1) is 18.7. The molecule has 0 radical (unpaired) electrons. The van der Waals surface area contributed by atoms with Crippen molar-refractivity contribution in [1.29, 1.82) is 0 Å². The average Bonchev–Trinajstić information content (AvgIpc) is 3.30. The van der Waals surface area contributed by atoms with Gasteiger partial charge in [0.25, 0.3) is 5.91 Å². The molecule has 0 bridgehead atoms. The van der Waals surface area contributed by atoms with Crippen LogP contribution in [0.2, 0.25) is 0 Å². The fourth-order valence-electron chi connectivity index (χ4n) is 2.35. The molecular formula is C18H19N5O3S. The number of aromatic nitrogens is 4. The number of nitrogens with zero attached hydrogens (tertiary/aromatic N) is 4. The van der Waals surface area contributed by atoms with Gasteiger partial charge in [0.15, 0.2) is 6.61 Å². The highest BCUT2D eigenvalue weighted by atomic mass is 32.1. The molecule has 1 N–H and O–H groups in total. The van der Waals surface area contributed by atoms with Crippen LogP contribution in [0, 0.1) is 0 Å². The Balaban J connectivity index is 1.57. The molecule has 0 aliphatic carbocycles. The summed E-state index contributed by atoms with van der Waals surface area (Å²) in [5.41, 5.74) is 2.36. The van der Waals surface area contributed by atoms with Crippen molar-refractivity contribution in [2.24, 2.45) is 0 Å². The second kappa shape index (κ2) is 7.67. The normalized spacial score (nSPS) is 11.2. The zero-order valence-electron chi connectivity index (χ0n) is 15.2. The van der Waals surface area contributed by atoms with Gasteiger partial charge in [0.2, 0.25) is 0 Å². The van der Waals surface area contributed by atoms with Crippen LogP contribution in [0.15, 0.2) is 42.0 Å². The highest BCUT2D eigenvalue weighted by Crippen LogP contribution is 2.23. The van der Waals surface area contributed by atoms with Gasteiger partial charge in [0.1, 0.15) is 11.2 Å². The first-order chi connectivity index (χ1) is 12.8. The summed E-state index contributed by atoms with van der Waals surface area (Å²) in [7, 11) is 0. The van der Waals surface area contributed by atoms with Crippen LogP contribution in [0.25, 0.3) is 5.69 Å². The lowest BCUT2D eigenvalue weighted by Crippen LogP contribution is -2.21. The smallest absolute Gasteiger partial charge is 0.351 e. The van der Waals surface area contributed by atoms with E-state index >= 15 is 0 Å². The van der Waals surface area contributed by atoms with Gasteiger partial charge >= 0.3 is 5.97 Å². The predicted octanol–water partition coefficient (Wildman–Crippen LogP) is 2.82. The van der Waals surface area contributed by atoms with E-state index in [1.165, 1.54) is 27.9 Å². The summed E-state index contributed by atoms with van der Waals surface area (Å²) < 4.78 is 6.48. The molecule has 3 aromatic rings. The summed E-state index contributed by atoms with van der Waals surface area (Å²) in [5, 5.41) is 15.3. The number of esters is 1. The van der Waals surface area contributed by atoms with Crippen molar-refractivity contribution >= 4 is 28.9 Å². The Morgan fingerprint density at radius 3 is 2.56 bits per heavy atom. The fourth-order valence-corrected chi connectivity index (χ4v) is 3.13. The Hall–Kier alpha value is -3.07. The molecule has 27 heavy (non-hydrogen) atoms. The van der Waals surface area contributed by atoms with E-state index in [1.54, 1.807) is 11.4 Å². The number of ether oxygens (including phenoxy) is 1. The SMILES string of the molecule is CC(C)(C)c1ccc(NC(=O)COC(=O)c2sccc2-n2cnnn2)cc1. The molecule has 140 valence electrons. The van der Waals surface area contributed by atoms with Crippen LogP contribution < -0.4 is 5.32 Å². The molecule has 0 aliphatic heterocycles. The highest BCUT2D eigenvalue weighted by molar-refractivity contribution is 7.12. The first-order valence-corrected chi connectivity index (χ1v) is 9.11. The molecule has 0 saturated heterocycles. The third kappa shape index (κ3) is 4.56. The number of hydrogen-bond donors (Lipinski definition) is 1. The van der Waals surface area contributed by atoms with E-state index in [-0.39, 0.29) is 12.0 Å². The first-order valence-electron chi connectivity index (χ1n) is 8.23. The molecule has 1 amide bonds. The number of benzene rings is 1. The maximum Gasteiger partial charge on any atom is 0.351 e. The lowest BCUT2D eigenvalue weighted by atomic mass is 9.87. The maximum absolute atomic E-state index is 12.3. The Kier molecular flexibility index (Phi) is 5.31.